The van der Waals surface area contributed by atoms with Gasteiger partial charge in [0.1, 0.15) is 42.8 Å². The minimum Gasteiger partial charge on any atom is -0.497 e. The van der Waals surface area contributed by atoms with Crippen LogP contribution in [0.5, 0.6) is 23.0 Å². The molecule has 27 heteroatoms. The first-order chi connectivity index (χ1) is 70.6. The lowest BCUT2D eigenvalue weighted by Crippen LogP contribution is -2.46. The number of aliphatic hydroxyl groups is 1. The normalized spacial score (nSPS) is 11.8. The molecule has 0 heterocycles. The van der Waals surface area contributed by atoms with E-state index in [0.717, 1.165) is 78.3 Å². The van der Waals surface area contributed by atoms with Gasteiger partial charge in [-0.2, -0.15) is 0 Å². The molecule has 0 saturated heterocycles. The number of amides is 2. The summed E-state index contributed by atoms with van der Waals surface area (Å²) < 4.78 is 37.1. The highest BCUT2D eigenvalue weighted by atomic mass is 35.5. The summed E-state index contributed by atoms with van der Waals surface area (Å²) in [6.45, 7) is 1.12. The van der Waals surface area contributed by atoms with Crippen molar-refractivity contribution >= 4 is 69.9 Å². The quantitative estimate of drug-likeness (QED) is 0.00345. The fraction of sp³-hybridized carbons (Fsp3) is 0.220. The van der Waals surface area contributed by atoms with Crippen LogP contribution in [-0.4, -0.2) is 101 Å². The van der Waals surface area contributed by atoms with Crippen LogP contribution in [0.4, 0.5) is 21.0 Å². The Hall–Kier alpha value is -16.4. The number of carbonyl (C=O) groups is 8. The molecule has 0 aliphatic rings. The van der Waals surface area contributed by atoms with Gasteiger partial charge >= 0.3 is 23.5 Å². The van der Waals surface area contributed by atoms with Crippen molar-refractivity contribution in [3.8, 4) is 23.0 Å². The summed E-state index contributed by atoms with van der Waals surface area (Å²) in [4.78, 5) is 126. The molecule has 4 atom stereocenters. The average molecular weight is 1970 g/mol. The van der Waals surface area contributed by atoms with Crippen molar-refractivity contribution in [2.45, 2.75) is 127 Å². The van der Waals surface area contributed by atoms with Gasteiger partial charge in [0.2, 0.25) is 11.8 Å². The van der Waals surface area contributed by atoms with Crippen LogP contribution in [-0.2, 0) is 106 Å². The summed E-state index contributed by atoms with van der Waals surface area (Å²) in [5.74, 6) is -1.93. The number of nitro benzene ring substituents is 2. The van der Waals surface area contributed by atoms with Crippen LogP contribution in [0.25, 0.3) is 0 Å². The number of carbonyl (C=O) groups excluding carboxylic acids is 8. The zero-order chi connectivity index (χ0) is 102. The molecule has 0 fully saturated rings. The molecule has 14 aromatic rings. The van der Waals surface area contributed by atoms with Gasteiger partial charge in [0.25, 0.3) is 11.4 Å². The molecule has 0 spiro atoms. The molecular weight excluding hydrogens is 1860 g/mol. The van der Waals surface area contributed by atoms with Crippen LogP contribution in [0.2, 0.25) is 0 Å². The monoisotopic (exact) mass is 1970 g/mol. The maximum atomic E-state index is 14.4. The Kier molecular flexibility index (Phi) is 41.7. The van der Waals surface area contributed by atoms with Crippen molar-refractivity contribution in [2.75, 3.05) is 27.3 Å². The number of nitro groups is 2. The van der Waals surface area contributed by atoms with Crippen molar-refractivity contribution in [3.05, 3.63) is 486 Å². The Balaban J connectivity index is 0.000000232. The van der Waals surface area contributed by atoms with E-state index in [1.807, 2.05) is 231 Å². The number of hydrogen-bond acceptors (Lipinski definition) is 22. The van der Waals surface area contributed by atoms with Gasteiger partial charge in [-0.15, -0.1) is 0 Å². The van der Waals surface area contributed by atoms with E-state index in [-0.39, 0.29) is 98.9 Å². The van der Waals surface area contributed by atoms with Gasteiger partial charge in [0, 0.05) is 48.7 Å². The van der Waals surface area contributed by atoms with Crippen molar-refractivity contribution in [1.29, 1.82) is 0 Å². The largest absolute Gasteiger partial charge is 0.514 e. The highest BCUT2D eigenvalue weighted by Gasteiger charge is 2.39. The molecular formula is C118H115ClN6O20. The Morgan fingerprint density at radius 1 is 0.331 bits per heavy atom. The number of ether oxygens (including phenoxy) is 7. The Morgan fingerprint density at radius 3 is 0.931 bits per heavy atom. The van der Waals surface area contributed by atoms with E-state index in [4.69, 9.17) is 40.0 Å². The van der Waals surface area contributed by atoms with Gasteiger partial charge in [-0.1, -0.05) is 315 Å². The van der Waals surface area contributed by atoms with Gasteiger partial charge in [0.15, 0.2) is 11.6 Å². The minimum absolute atomic E-state index is 0.00240. The second kappa shape index (κ2) is 56.3. The first-order valence-corrected chi connectivity index (χ1v) is 48.1. The number of methoxy groups -OCH3 is 2. The number of non-ortho nitro benzene ring substituents is 2. The predicted molar refractivity (Wildman–Crippen MR) is 553 cm³/mol. The summed E-state index contributed by atoms with van der Waals surface area (Å²) in [7, 11) is 3.30. The van der Waals surface area contributed by atoms with Crippen molar-refractivity contribution in [3.63, 3.8) is 0 Å². The smallest absolute Gasteiger partial charge is 0.497 e. The van der Waals surface area contributed by atoms with Crippen molar-refractivity contribution in [2.24, 2.45) is 11.8 Å². The summed E-state index contributed by atoms with van der Waals surface area (Å²) in [5.41, 5.74) is 10.0. The van der Waals surface area contributed by atoms with Gasteiger partial charge < -0.3 is 48.9 Å². The van der Waals surface area contributed by atoms with Crippen LogP contribution in [0, 0.1) is 32.1 Å². The molecule has 0 unspecified atom stereocenters. The summed E-state index contributed by atoms with van der Waals surface area (Å²) in [5, 5.41) is 44.7. The molecule has 26 nitrogen and oxygen atoms in total. The topological polar surface area (TPSA) is 356 Å². The van der Waals surface area contributed by atoms with E-state index >= 15 is 0 Å². The molecule has 145 heavy (non-hydrogen) atoms. The number of Topliss-reactive ketones (excluding diaryl/α,β-unsaturated/α-hetero) is 2. The Bertz CT molecular complexity index is 6360. The molecule has 14 rings (SSSR count). The molecule has 0 aromatic heterocycles. The van der Waals surface area contributed by atoms with E-state index in [9.17, 15) is 63.7 Å². The van der Waals surface area contributed by atoms with Gasteiger partial charge in [-0.25, -0.2) is 9.59 Å². The fourth-order valence-corrected chi connectivity index (χ4v) is 16.9. The molecule has 5 N–H and O–H groups in total. The van der Waals surface area contributed by atoms with E-state index in [1.165, 1.54) is 48.5 Å². The van der Waals surface area contributed by atoms with E-state index in [2.05, 4.69) is 98.8 Å². The Morgan fingerprint density at radius 2 is 0.614 bits per heavy atom. The number of benzene rings is 14. The third-order valence-corrected chi connectivity index (χ3v) is 24.5. The molecule has 2 amide bonds. The number of nitrogens with one attached hydrogen (secondary N) is 4. The third-order valence-electron chi connectivity index (χ3n) is 24.4. The molecule has 744 valence electrons. The zero-order valence-corrected chi connectivity index (χ0v) is 81.2. The van der Waals surface area contributed by atoms with Crippen LogP contribution in [0.15, 0.2) is 388 Å². The highest BCUT2D eigenvalue weighted by Crippen LogP contribution is 2.40. The van der Waals surface area contributed by atoms with Crippen LogP contribution >= 0.6 is 11.6 Å². The summed E-state index contributed by atoms with van der Waals surface area (Å²) >= 11 is 4.92. The van der Waals surface area contributed by atoms with Crippen molar-refractivity contribution < 1.29 is 86.5 Å². The van der Waals surface area contributed by atoms with Gasteiger partial charge in [0.05, 0.1) is 78.5 Å². The van der Waals surface area contributed by atoms with Gasteiger partial charge in [-0.3, -0.25) is 59.6 Å². The maximum Gasteiger partial charge on any atom is 0.514 e. The molecule has 0 aliphatic carbocycles. The Labute approximate surface area is 847 Å². The standard InChI is InChI=1S/C59H57N3O10.C52H54N2O6.C7H4ClNO4/c1-69-52-33-29-50(30-34-52)59(48-20-10-4-11-21-48,49-22-12-5-13-23-49)60-37-15-14-24-54(61-57(65)47(38-43-16-6-2-7-17-43)40-56(64)70-41-45-18-8-3-9-19-45)55(63)39-44-25-27-46(28-26-44)42-71-58(66)72-53-35-31-51(32-36-53)62(67)68;1-59-47-31-29-46(30-32-47)52(44-20-10-4-11-21-44,45-22-12-5-13-23-45)53-33-15-14-24-48(49(56)35-40-25-27-41(37-55)28-26-40)54-51(58)43(34-39-16-6-2-7-17-39)36-50(57)60-38-42-18-8-3-9-19-42;8-7(10)13-6-3-1-5(2-4-6)9(11)12/h2-13,16-23,25-36,47,54,60H,14-15,24,37-42H2,1H3,(H,61,65);2-13,16-23,25-32,43,48,53,55H,14-15,24,33-38H2,1H3,(H,54,58);1-4H/t47-,54+;43-,48+;/m11./s1. The highest BCUT2D eigenvalue weighted by molar-refractivity contribution is 6.61. The molecule has 0 aliphatic heterocycles. The first kappa shape index (κ1) is 107. The zero-order valence-electron chi connectivity index (χ0n) is 80.5. The summed E-state index contributed by atoms with van der Waals surface area (Å²) in [6.07, 6.45) is 2.68. The lowest BCUT2D eigenvalue weighted by atomic mass is 9.77. The number of hydrogen-bond donors (Lipinski definition) is 5. The second-order valence-electron chi connectivity index (χ2n) is 34.4. The number of nitrogens with zero attached hydrogens (tertiary/aromatic N) is 2. The van der Waals surface area contributed by atoms with E-state index in [1.54, 1.807) is 50.6 Å². The number of halogens is 1. The number of aliphatic hydroxyl groups excluding tert-OH is 1. The fourth-order valence-electron chi connectivity index (χ4n) is 16.9. The van der Waals surface area contributed by atoms with Crippen molar-refractivity contribution in [1.82, 2.24) is 21.3 Å². The summed E-state index contributed by atoms with van der Waals surface area (Å²) in [6, 6.07) is 118. The molecule has 0 radical (unpaired) electrons. The number of ketones is 2. The van der Waals surface area contributed by atoms with E-state index < -0.39 is 74.3 Å². The molecule has 0 bridgehead atoms. The van der Waals surface area contributed by atoms with Crippen LogP contribution < -0.4 is 40.2 Å². The number of unbranched alkanes of at least 4 members (excludes halogenated alkanes) is 2. The molecule has 14 aromatic carbocycles. The predicted octanol–water partition coefficient (Wildman–Crippen LogP) is 21.5. The number of esters is 2. The van der Waals surface area contributed by atoms with E-state index in [0.29, 0.717) is 69.2 Å². The SMILES string of the molecule is COc1ccc(C(NCCCC[C@H](NC(=O)[C@@H](CC(=O)OCc2ccccc2)Cc2ccccc2)C(=O)Cc2ccc(CO)cc2)(c2ccccc2)c2ccccc2)cc1.COc1ccc(C(NCCCC[C@H](NC(=O)[C@@H](CC(=O)OCc2ccccc2)Cc2ccccc2)C(=O)Cc2ccc(COC(=O)Oc3ccc([N+](=O)[O-])cc3)cc2)(c2ccccc2)c2ccccc2)cc1.O=C(Cl)Oc1ccc([N+](=O)[O-])cc1. The van der Waals surface area contributed by atoms with Crippen LogP contribution in [0.1, 0.15) is 129 Å². The lowest BCUT2D eigenvalue weighted by Gasteiger charge is -2.37. The second-order valence-corrected chi connectivity index (χ2v) is 34.7. The minimum atomic E-state index is -0.988. The first-order valence-electron chi connectivity index (χ1n) is 47.7. The maximum absolute atomic E-state index is 14.4. The van der Waals surface area contributed by atoms with Gasteiger partial charge in [-0.05, 0) is 191 Å². The average Bonchev–Trinajstić information content (AvgIpc) is 0.757. The third kappa shape index (κ3) is 33.1. The number of rotatable bonds is 49. The van der Waals surface area contributed by atoms with Crippen LogP contribution in [0.3, 0.4) is 0 Å². The lowest BCUT2D eigenvalue weighted by molar-refractivity contribution is -0.385. The molecule has 0 saturated carbocycles.